The molecule has 138 valence electrons. The van der Waals surface area contributed by atoms with Crippen LogP contribution in [0.5, 0.6) is 5.75 Å². The van der Waals surface area contributed by atoms with E-state index in [0.29, 0.717) is 24.0 Å². The zero-order chi connectivity index (χ0) is 18.4. The van der Waals surface area contributed by atoms with E-state index in [4.69, 9.17) is 4.74 Å². The van der Waals surface area contributed by atoms with Crippen LogP contribution in [0.4, 0.5) is 0 Å². The molecule has 1 amide bonds. The molecule has 0 N–H and O–H groups in total. The van der Waals surface area contributed by atoms with E-state index in [1.807, 2.05) is 50.4 Å². The number of aryl methyl sites for hydroxylation is 1. The van der Waals surface area contributed by atoms with Gasteiger partial charge >= 0.3 is 0 Å². The number of hydrogen-bond donors (Lipinski definition) is 0. The maximum absolute atomic E-state index is 12.9. The molecule has 2 aromatic rings. The Bertz CT molecular complexity index is 744. The fourth-order valence-corrected chi connectivity index (χ4v) is 4.42. The van der Waals surface area contributed by atoms with Crippen LogP contribution in [-0.4, -0.2) is 41.2 Å². The van der Waals surface area contributed by atoms with E-state index in [9.17, 15) is 4.79 Å². The largest absolute Gasteiger partial charge is 0.491 e. The van der Waals surface area contributed by atoms with Gasteiger partial charge in [-0.25, -0.2) is 4.98 Å². The molecule has 4 nitrogen and oxygen atoms in total. The van der Waals surface area contributed by atoms with Gasteiger partial charge in [-0.3, -0.25) is 4.79 Å². The standard InChI is InChI=1S/C21H26N2O2S/c1-16-8-3-6-12-19(16)25-15-14-23(2)21(24)18-11-7-13-22-20(18)26-17-9-4-5-10-17/h3,6-8,11-13,17H,4-5,9-10,14-15H2,1-2H3. The second-order valence-corrected chi connectivity index (χ2v) is 8.01. The Hall–Kier alpha value is -2.01. The smallest absolute Gasteiger partial charge is 0.256 e. The minimum absolute atomic E-state index is 0.00646. The summed E-state index contributed by atoms with van der Waals surface area (Å²) in [4.78, 5) is 19.1. The van der Waals surface area contributed by atoms with Gasteiger partial charge in [0.05, 0.1) is 12.1 Å². The lowest BCUT2D eigenvalue weighted by atomic mass is 10.2. The van der Waals surface area contributed by atoms with E-state index >= 15 is 0 Å². The number of para-hydroxylation sites is 1. The van der Waals surface area contributed by atoms with Gasteiger partial charge < -0.3 is 9.64 Å². The van der Waals surface area contributed by atoms with E-state index in [-0.39, 0.29) is 5.91 Å². The van der Waals surface area contributed by atoms with Crippen molar-refractivity contribution in [1.82, 2.24) is 9.88 Å². The molecule has 0 radical (unpaired) electrons. The molecule has 0 saturated heterocycles. The number of nitrogens with zero attached hydrogens (tertiary/aromatic N) is 2. The van der Waals surface area contributed by atoms with E-state index in [2.05, 4.69) is 4.98 Å². The molecule has 5 heteroatoms. The van der Waals surface area contributed by atoms with Gasteiger partial charge in [-0.15, -0.1) is 11.8 Å². The molecule has 1 aliphatic carbocycles. The number of benzene rings is 1. The second-order valence-electron chi connectivity index (χ2n) is 6.72. The summed E-state index contributed by atoms with van der Waals surface area (Å²) in [5.41, 5.74) is 1.80. The number of likely N-dealkylation sites (N-methyl/N-ethyl adjacent to an activating group) is 1. The van der Waals surface area contributed by atoms with Crippen molar-refractivity contribution in [2.75, 3.05) is 20.2 Å². The molecule has 0 aliphatic heterocycles. The Morgan fingerprint density at radius 1 is 1.23 bits per heavy atom. The number of carbonyl (C=O) groups is 1. The lowest BCUT2D eigenvalue weighted by Crippen LogP contribution is -2.31. The maximum Gasteiger partial charge on any atom is 0.256 e. The number of rotatable bonds is 7. The molecule has 1 aromatic heterocycles. The van der Waals surface area contributed by atoms with E-state index in [0.717, 1.165) is 16.3 Å². The van der Waals surface area contributed by atoms with Crippen LogP contribution in [0.3, 0.4) is 0 Å². The van der Waals surface area contributed by atoms with Crippen molar-refractivity contribution in [2.24, 2.45) is 0 Å². The van der Waals surface area contributed by atoms with Crippen LogP contribution in [0, 0.1) is 6.92 Å². The predicted molar refractivity (Wildman–Crippen MR) is 106 cm³/mol. The summed E-state index contributed by atoms with van der Waals surface area (Å²) in [6, 6.07) is 11.6. The van der Waals surface area contributed by atoms with Crippen molar-refractivity contribution < 1.29 is 9.53 Å². The molecule has 3 rings (SSSR count). The number of carbonyl (C=O) groups excluding carboxylic acids is 1. The molecule has 0 bridgehead atoms. The zero-order valence-electron chi connectivity index (χ0n) is 15.5. The van der Waals surface area contributed by atoms with Crippen molar-refractivity contribution >= 4 is 17.7 Å². The molecular formula is C21H26N2O2S. The summed E-state index contributed by atoms with van der Waals surface area (Å²) in [6.07, 6.45) is 6.77. The topological polar surface area (TPSA) is 42.4 Å². The Morgan fingerprint density at radius 3 is 2.77 bits per heavy atom. The lowest BCUT2D eigenvalue weighted by molar-refractivity contribution is 0.0769. The molecule has 1 fully saturated rings. The SMILES string of the molecule is Cc1ccccc1OCCN(C)C(=O)c1cccnc1SC1CCCC1. The monoisotopic (exact) mass is 370 g/mol. The highest BCUT2D eigenvalue weighted by Gasteiger charge is 2.22. The van der Waals surface area contributed by atoms with Crippen LogP contribution >= 0.6 is 11.8 Å². The zero-order valence-corrected chi connectivity index (χ0v) is 16.3. The second kappa shape index (κ2) is 9.08. The molecule has 1 aromatic carbocycles. The number of aromatic nitrogens is 1. The minimum atomic E-state index is 0.00646. The van der Waals surface area contributed by atoms with Crippen LogP contribution in [0.15, 0.2) is 47.6 Å². The minimum Gasteiger partial charge on any atom is -0.491 e. The normalized spacial score (nSPS) is 14.4. The Kier molecular flexibility index (Phi) is 6.56. The molecule has 0 atom stereocenters. The highest BCUT2D eigenvalue weighted by atomic mass is 32.2. The summed E-state index contributed by atoms with van der Waals surface area (Å²) in [5, 5.41) is 1.45. The number of amides is 1. The van der Waals surface area contributed by atoms with E-state index in [1.54, 1.807) is 22.9 Å². The first kappa shape index (κ1) is 18.8. The molecule has 0 unspecified atom stereocenters. The third-order valence-corrected chi connectivity index (χ3v) is 6.06. The first-order chi connectivity index (χ1) is 12.6. The van der Waals surface area contributed by atoms with Gasteiger partial charge in [0.15, 0.2) is 0 Å². The summed E-state index contributed by atoms with van der Waals surface area (Å²) in [6.45, 7) is 3.03. The van der Waals surface area contributed by atoms with Gasteiger partial charge in [0, 0.05) is 18.5 Å². The summed E-state index contributed by atoms with van der Waals surface area (Å²) in [7, 11) is 1.82. The van der Waals surface area contributed by atoms with Crippen molar-refractivity contribution in [3.8, 4) is 5.75 Å². The molecule has 0 spiro atoms. The van der Waals surface area contributed by atoms with Gasteiger partial charge in [-0.2, -0.15) is 0 Å². The Labute approximate surface area is 160 Å². The summed E-state index contributed by atoms with van der Waals surface area (Å²) < 4.78 is 5.82. The Balaban J connectivity index is 1.58. The predicted octanol–water partition coefficient (Wildman–Crippen LogP) is 4.58. The average Bonchev–Trinajstić information content (AvgIpc) is 3.16. The van der Waals surface area contributed by atoms with Gasteiger partial charge in [0.2, 0.25) is 0 Å². The third-order valence-electron chi connectivity index (χ3n) is 4.71. The highest BCUT2D eigenvalue weighted by Crippen LogP contribution is 2.35. The van der Waals surface area contributed by atoms with Crippen LogP contribution in [0.1, 0.15) is 41.6 Å². The van der Waals surface area contributed by atoms with Crippen molar-refractivity contribution in [3.05, 3.63) is 53.7 Å². The Morgan fingerprint density at radius 2 is 2.00 bits per heavy atom. The highest BCUT2D eigenvalue weighted by molar-refractivity contribution is 7.99. The average molecular weight is 371 g/mol. The molecular weight excluding hydrogens is 344 g/mol. The fourth-order valence-electron chi connectivity index (χ4n) is 3.13. The fraction of sp³-hybridized carbons (Fsp3) is 0.429. The molecule has 1 aliphatic rings. The van der Waals surface area contributed by atoms with Crippen LogP contribution in [-0.2, 0) is 0 Å². The lowest BCUT2D eigenvalue weighted by Gasteiger charge is -2.20. The van der Waals surface area contributed by atoms with Crippen LogP contribution in [0.2, 0.25) is 0 Å². The summed E-state index contributed by atoms with van der Waals surface area (Å²) >= 11 is 1.76. The van der Waals surface area contributed by atoms with Gasteiger partial charge in [0.25, 0.3) is 5.91 Å². The van der Waals surface area contributed by atoms with E-state index in [1.165, 1.54) is 25.7 Å². The van der Waals surface area contributed by atoms with Crippen molar-refractivity contribution in [2.45, 2.75) is 42.9 Å². The summed E-state index contributed by atoms with van der Waals surface area (Å²) in [5.74, 6) is 0.874. The number of hydrogen-bond acceptors (Lipinski definition) is 4. The van der Waals surface area contributed by atoms with Crippen LogP contribution in [0.25, 0.3) is 0 Å². The van der Waals surface area contributed by atoms with Gasteiger partial charge in [-0.1, -0.05) is 31.0 Å². The number of ether oxygens (including phenoxy) is 1. The molecule has 1 heterocycles. The van der Waals surface area contributed by atoms with E-state index < -0.39 is 0 Å². The number of pyridine rings is 1. The van der Waals surface area contributed by atoms with Crippen molar-refractivity contribution in [1.29, 1.82) is 0 Å². The first-order valence-electron chi connectivity index (χ1n) is 9.20. The quantitative estimate of drug-likeness (QED) is 0.716. The van der Waals surface area contributed by atoms with Crippen molar-refractivity contribution in [3.63, 3.8) is 0 Å². The molecule has 26 heavy (non-hydrogen) atoms. The third kappa shape index (κ3) is 4.79. The first-order valence-corrected chi connectivity index (χ1v) is 10.1. The maximum atomic E-state index is 12.9. The number of thioether (sulfide) groups is 1. The van der Waals surface area contributed by atoms with Gasteiger partial charge in [0.1, 0.15) is 17.4 Å². The molecule has 1 saturated carbocycles. The van der Waals surface area contributed by atoms with Gasteiger partial charge in [-0.05, 0) is 43.5 Å². The van der Waals surface area contributed by atoms with Crippen LogP contribution < -0.4 is 4.74 Å².